The summed E-state index contributed by atoms with van der Waals surface area (Å²) in [7, 11) is 0. The molecule has 0 radical (unpaired) electrons. The van der Waals surface area contributed by atoms with E-state index in [0.29, 0.717) is 5.69 Å². The molecule has 0 aliphatic rings. The fourth-order valence-corrected chi connectivity index (χ4v) is 2.55. The second-order valence-electron chi connectivity index (χ2n) is 6.33. The number of aryl methyl sites for hydroxylation is 1. The fraction of sp³-hybridized carbons (Fsp3) is 0.333. The van der Waals surface area contributed by atoms with Crippen LogP contribution in [0.4, 0.5) is 14.6 Å². The minimum atomic E-state index is -3.21. The molecule has 1 aromatic heterocycles. The van der Waals surface area contributed by atoms with Gasteiger partial charge in [-0.15, -0.1) is 0 Å². The maximum absolute atomic E-state index is 14.3. The number of hydrogen-bond acceptors (Lipinski definition) is 6. The number of nitrogens with zero attached hydrogens (tertiary/aromatic N) is 3. The van der Waals surface area contributed by atoms with Crippen LogP contribution in [0.2, 0.25) is 0 Å². The second-order valence-corrected chi connectivity index (χ2v) is 6.82. The maximum Gasteiger partial charge on any atom is 0.293 e. The lowest BCUT2D eigenvalue weighted by Crippen LogP contribution is -2.38. The molecule has 31 heavy (non-hydrogen) atoms. The Kier molecular flexibility index (Phi) is 9.11. The molecular formula is C18H22F2IN7O3. The van der Waals surface area contributed by atoms with E-state index in [0.717, 1.165) is 4.57 Å². The molecule has 0 atom stereocenters. The number of anilines is 1. The number of rotatable bonds is 10. The predicted molar refractivity (Wildman–Crippen MR) is 120 cm³/mol. The van der Waals surface area contributed by atoms with Crippen molar-refractivity contribution in [2.45, 2.75) is 19.4 Å². The van der Waals surface area contributed by atoms with Crippen LogP contribution in [0.25, 0.3) is 0 Å². The molecule has 10 nitrogen and oxygen atoms in total. The number of nitrogens with two attached hydrogens (primary N) is 1. The van der Waals surface area contributed by atoms with E-state index < -0.39 is 23.9 Å². The first-order valence-electron chi connectivity index (χ1n) is 9.07. The zero-order valence-corrected chi connectivity index (χ0v) is 18.7. The first-order valence-corrected chi connectivity index (χ1v) is 10.0. The number of amides is 1. The van der Waals surface area contributed by atoms with E-state index in [-0.39, 0.29) is 37.0 Å². The van der Waals surface area contributed by atoms with Gasteiger partial charge in [0, 0.05) is 24.0 Å². The molecule has 1 aromatic carbocycles. The molecule has 0 aliphatic heterocycles. The third kappa shape index (κ3) is 7.43. The van der Waals surface area contributed by atoms with Crippen molar-refractivity contribution >= 4 is 40.5 Å². The third-order valence-corrected chi connectivity index (χ3v) is 4.54. The number of hydrogen-bond donors (Lipinski definition) is 4. The zero-order valence-electron chi connectivity index (χ0n) is 16.6. The van der Waals surface area contributed by atoms with Gasteiger partial charge in [0.1, 0.15) is 6.54 Å². The van der Waals surface area contributed by atoms with E-state index in [9.17, 15) is 18.4 Å². The molecule has 2 aromatic rings. The van der Waals surface area contributed by atoms with Crippen LogP contribution in [-0.2, 0) is 22.1 Å². The lowest BCUT2D eigenvalue weighted by molar-refractivity contribution is -0.122. The van der Waals surface area contributed by atoms with Crippen LogP contribution >= 0.6 is 22.9 Å². The molecule has 1 amide bonds. The van der Waals surface area contributed by atoms with Crippen LogP contribution in [0.1, 0.15) is 11.3 Å². The Bertz CT molecular complexity index is 970. The smallest absolute Gasteiger partial charge is 0.293 e. The molecule has 0 bridgehead atoms. The van der Waals surface area contributed by atoms with E-state index in [1.165, 1.54) is 30.5 Å². The zero-order chi connectivity index (χ0) is 22.9. The Labute approximate surface area is 190 Å². The number of guanidine groups is 1. The first kappa shape index (κ1) is 24.5. The van der Waals surface area contributed by atoms with Crippen molar-refractivity contribution in [1.82, 2.24) is 20.3 Å². The van der Waals surface area contributed by atoms with Gasteiger partial charge >= 0.3 is 0 Å². The predicted octanol–water partition coefficient (Wildman–Crippen LogP) is 1.06. The van der Waals surface area contributed by atoms with Crippen molar-refractivity contribution in [2.75, 3.05) is 25.0 Å². The summed E-state index contributed by atoms with van der Waals surface area (Å²) >= 11 is 1.69. The van der Waals surface area contributed by atoms with E-state index in [1.807, 2.05) is 0 Å². The summed E-state index contributed by atoms with van der Waals surface area (Å²) in [6, 6.07) is 7.25. The molecule has 1 heterocycles. The van der Waals surface area contributed by atoms with Crippen LogP contribution in [0.15, 0.2) is 44.5 Å². The molecular weight excluding hydrogens is 527 g/mol. The summed E-state index contributed by atoms with van der Waals surface area (Å²) in [6.07, 6.45) is 1.33. The van der Waals surface area contributed by atoms with Gasteiger partial charge in [-0.2, -0.15) is 12.0 Å². The Balaban J connectivity index is 1.96. The van der Waals surface area contributed by atoms with Crippen molar-refractivity contribution in [1.29, 1.82) is 0 Å². The van der Waals surface area contributed by atoms with E-state index >= 15 is 0 Å². The summed E-state index contributed by atoms with van der Waals surface area (Å²) < 4.78 is 33.4. The van der Waals surface area contributed by atoms with Gasteiger partial charge < -0.3 is 16.4 Å². The topological polar surface area (TPSA) is 136 Å². The van der Waals surface area contributed by atoms with Crippen LogP contribution < -0.4 is 27.4 Å². The van der Waals surface area contributed by atoms with E-state index in [2.05, 4.69) is 24.3 Å². The van der Waals surface area contributed by atoms with Crippen LogP contribution in [0.5, 0.6) is 0 Å². The highest BCUT2D eigenvalue weighted by atomic mass is 127. The maximum atomic E-state index is 14.3. The minimum Gasteiger partial charge on any atom is -0.368 e. The van der Waals surface area contributed by atoms with Gasteiger partial charge in [-0.05, 0) is 6.92 Å². The highest BCUT2D eigenvalue weighted by Crippen LogP contribution is 2.27. The highest BCUT2D eigenvalue weighted by Gasteiger charge is 2.31. The van der Waals surface area contributed by atoms with Gasteiger partial charge in [-0.3, -0.25) is 19.0 Å². The Morgan fingerprint density at radius 1 is 1.35 bits per heavy atom. The first-order chi connectivity index (χ1) is 14.7. The van der Waals surface area contributed by atoms with Crippen LogP contribution in [0.3, 0.4) is 0 Å². The summed E-state index contributed by atoms with van der Waals surface area (Å²) in [4.78, 5) is 33.6. The van der Waals surface area contributed by atoms with Crippen molar-refractivity contribution in [3.8, 4) is 0 Å². The lowest BCUT2D eigenvalue weighted by atomic mass is 10.1. The minimum absolute atomic E-state index is 0.0729. The number of benzene rings is 1. The molecule has 5 N–H and O–H groups in total. The quantitative estimate of drug-likeness (QED) is 0.114. The second kappa shape index (κ2) is 11.5. The lowest BCUT2D eigenvalue weighted by Gasteiger charge is -2.18. The van der Waals surface area contributed by atoms with Crippen LogP contribution in [0, 0.1) is 6.92 Å². The van der Waals surface area contributed by atoms with E-state index in [4.69, 9.17) is 10.6 Å². The number of alkyl halides is 2. The molecule has 0 spiro atoms. The monoisotopic (exact) mass is 549 g/mol. The Morgan fingerprint density at radius 3 is 2.74 bits per heavy atom. The summed E-state index contributed by atoms with van der Waals surface area (Å²) in [5, 5.41) is 4.96. The number of carbonyl (C=O) groups is 1. The van der Waals surface area contributed by atoms with Gasteiger partial charge in [0.2, 0.25) is 11.9 Å². The SMILES string of the molecule is Cc1cnc(NCC(F)(F)c2ccccc2)c(=O)n1CC(=O)NCCONC(N)=NI. The Morgan fingerprint density at radius 2 is 2.06 bits per heavy atom. The molecule has 2 rings (SSSR count). The molecule has 0 fully saturated rings. The van der Waals surface area contributed by atoms with E-state index in [1.54, 1.807) is 35.9 Å². The van der Waals surface area contributed by atoms with Crippen molar-refractivity contribution in [3.05, 3.63) is 58.1 Å². The molecule has 168 valence electrons. The third-order valence-electron chi connectivity index (χ3n) is 4.02. The number of aromatic nitrogens is 2. The largest absolute Gasteiger partial charge is 0.368 e. The van der Waals surface area contributed by atoms with Gasteiger partial charge in [0.05, 0.1) is 36.0 Å². The van der Waals surface area contributed by atoms with Gasteiger partial charge in [-0.25, -0.2) is 10.5 Å². The number of hydroxylamine groups is 1. The summed E-state index contributed by atoms with van der Waals surface area (Å²) in [6.45, 7) is 0.714. The van der Waals surface area contributed by atoms with Crippen molar-refractivity contribution in [2.24, 2.45) is 8.94 Å². The molecule has 0 saturated heterocycles. The number of halogens is 3. The standard InChI is InChI=1S/C18H22F2IN7O3/c1-12-9-24-15(25-11-18(19,20)13-5-3-2-4-6-13)16(30)28(12)10-14(29)23-7-8-31-27-17(22)26-21/h2-6,9H,7-8,10-11H2,1H3,(H,23,29)(H,24,25)(H3,22,26,27). The van der Waals surface area contributed by atoms with Gasteiger partial charge in [-0.1, -0.05) is 30.3 Å². The number of carbonyl (C=O) groups excluding carboxylic acids is 1. The van der Waals surface area contributed by atoms with Gasteiger partial charge in [0.25, 0.3) is 11.5 Å². The number of nitrogens with one attached hydrogen (secondary N) is 3. The van der Waals surface area contributed by atoms with Gasteiger partial charge in [0.15, 0.2) is 5.82 Å². The summed E-state index contributed by atoms with van der Waals surface area (Å²) in [5.41, 5.74) is 7.27. The Hall–Kier alpha value is -2.81. The molecule has 0 unspecified atom stereocenters. The van der Waals surface area contributed by atoms with Crippen molar-refractivity contribution < 1.29 is 18.4 Å². The average molecular weight is 549 g/mol. The highest BCUT2D eigenvalue weighted by molar-refractivity contribution is 14.1. The van der Waals surface area contributed by atoms with Crippen LogP contribution in [-0.4, -0.2) is 41.1 Å². The molecule has 13 heteroatoms. The average Bonchev–Trinajstić information content (AvgIpc) is 2.76. The fourth-order valence-electron chi connectivity index (χ4n) is 2.45. The molecule has 0 aliphatic carbocycles. The molecule has 0 saturated carbocycles. The summed E-state index contributed by atoms with van der Waals surface area (Å²) in [5.74, 6) is -3.86. The van der Waals surface area contributed by atoms with Crippen molar-refractivity contribution in [3.63, 3.8) is 0 Å². The normalized spacial score (nSPS) is 11.8.